The summed E-state index contributed by atoms with van der Waals surface area (Å²) in [6.07, 6.45) is 0. The Bertz CT molecular complexity index is 511. The number of methoxy groups -OCH3 is 1. The molecule has 21 heavy (non-hydrogen) atoms. The van der Waals surface area contributed by atoms with E-state index in [0.29, 0.717) is 15.1 Å². The molecular weight excluding hydrogens is 322 g/mol. The number of thiocarbonyl (C=S) groups is 1. The standard InChI is InChI=1S/C16H22ClNOS2/c1-11(17)10-21-15(20)18-14(16(2,3)4)12-8-6-7-9-13(12)19-5/h6-9,14H,1,10H2,2-5H3,(H,18,20). The molecule has 0 radical (unpaired) electrons. The van der Waals surface area contributed by atoms with Crippen LogP contribution in [0.25, 0.3) is 0 Å². The third-order valence-electron chi connectivity index (χ3n) is 2.94. The highest BCUT2D eigenvalue weighted by Gasteiger charge is 2.29. The maximum absolute atomic E-state index is 5.79. The first-order valence-electron chi connectivity index (χ1n) is 6.65. The zero-order chi connectivity index (χ0) is 16.0. The first-order chi connectivity index (χ1) is 9.75. The molecule has 0 heterocycles. The summed E-state index contributed by atoms with van der Waals surface area (Å²) in [6, 6.07) is 8.06. The molecule has 116 valence electrons. The van der Waals surface area contributed by atoms with Crippen LogP contribution in [0.4, 0.5) is 0 Å². The van der Waals surface area contributed by atoms with E-state index in [1.54, 1.807) is 7.11 Å². The summed E-state index contributed by atoms with van der Waals surface area (Å²) in [5.41, 5.74) is 1.08. The molecular formula is C16H22ClNOS2. The zero-order valence-corrected chi connectivity index (χ0v) is 15.3. The highest BCUT2D eigenvalue weighted by Crippen LogP contribution is 2.37. The minimum atomic E-state index is -0.0166. The predicted molar refractivity (Wildman–Crippen MR) is 98.4 cm³/mol. The Balaban J connectivity index is 2.97. The Morgan fingerprint density at radius 2 is 2.05 bits per heavy atom. The lowest BCUT2D eigenvalue weighted by Crippen LogP contribution is -2.35. The number of para-hydroxylation sites is 1. The van der Waals surface area contributed by atoms with Gasteiger partial charge in [-0.25, -0.2) is 0 Å². The second-order valence-electron chi connectivity index (χ2n) is 5.78. The molecule has 0 aromatic heterocycles. The number of thioether (sulfide) groups is 1. The third-order valence-corrected chi connectivity index (χ3v) is 4.57. The van der Waals surface area contributed by atoms with Crippen molar-refractivity contribution in [1.29, 1.82) is 0 Å². The number of benzene rings is 1. The molecule has 0 aliphatic heterocycles. The summed E-state index contributed by atoms with van der Waals surface area (Å²) in [7, 11) is 1.68. The highest BCUT2D eigenvalue weighted by atomic mass is 35.5. The Kier molecular flexibility index (Phi) is 7.04. The smallest absolute Gasteiger partial charge is 0.134 e. The van der Waals surface area contributed by atoms with Gasteiger partial charge >= 0.3 is 0 Å². The molecule has 0 fully saturated rings. The molecule has 2 nitrogen and oxygen atoms in total. The van der Waals surface area contributed by atoms with Crippen LogP contribution in [0.2, 0.25) is 0 Å². The van der Waals surface area contributed by atoms with Crippen LogP contribution in [0.1, 0.15) is 32.4 Å². The van der Waals surface area contributed by atoms with Crippen LogP contribution in [-0.2, 0) is 0 Å². The van der Waals surface area contributed by atoms with Gasteiger partial charge in [0.1, 0.15) is 10.1 Å². The van der Waals surface area contributed by atoms with Crippen molar-refractivity contribution in [3.8, 4) is 5.75 Å². The van der Waals surface area contributed by atoms with E-state index in [0.717, 1.165) is 11.3 Å². The van der Waals surface area contributed by atoms with Crippen LogP contribution in [0, 0.1) is 5.41 Å². The van der Waals surface area contributed by atoms with Crippen molar-refractivity contribution in [3.05, 3.63) is 41.4 Å². The van der Waals surface area contributed by atoms with Crippen LogP contribution >= 0.6 is 35.6 Å². The highest BCUT2D eigenvalue weighted by molar-refractivity contribution is 8.23. The van der Waals surface area contributed by atoms with Crippen molar-refractivity contribution in [3.63, 3.8) is 0 Å². The Labute approximate surface area is 142 Å². The molecule has 1 rings (SSSR count). The Morgan fingerprint density at radius 3 is 2.57 bits per heavy atom. The molecule has 1 aromatic carbocycles. The average Bonchev–Trinajstić information content (AvgIpc) is 2.41. The SMILES string of the molecule is C=C(Cl)CSC(=S)NC(c1ccccc1OC)C(C)(C)C. The number of halogens is 1. The van der Waals surface area contributed by atoms with E-state index in [1.165, 1.54) is 11.8 Å². The average molecular weight is 344 g/mol. The van der Waals surface area contributed by atoms with Crippen molar-refractivity contribution in [1.82, 2.24) is 5.32 Å². The fourth-order valence-corrected chi connectivity index (χ4v) is 2.92. The number of hydrogen-bond acceptors (Lipinski definition) is 3. The molecule has 1 N–H and O–H groups in total. The summed E-state index contributed by atoms with van der Waals surface area (Å²) in [5.74, 6) is 1.47. The summed E-state index contributed by atoms with van der Waals surface area (Å²) in [6.45, 7) is 10.2. The number of hydrogen-bond donors (Lipinski definition) is 1. The minimum Gasteiger partial charge on any atom is -0.496 e. The van der Waals surface area contributed by atoms with Crippen LogP contribution in [0.5, 0.6) is 5.75 Å². The fourth-order valence-electron chi connectivity index (χ4n) is 1.97. The minimum absolute atomic E-state index is 0.0166. The molecule has 0 saturated carbocycles. The van der Waals surface area contributed by atoms with E-state index in [4.69, 9.17) is 28.6 Å². The van der Waals surface area contributed by atoms with Gasteiger partial charge in [0, 0.05) is 16.3 Å². The fraction of sp³-hybridized carbons (Fsp3) is 0.438. The van der Waals surface area contributed by atoms with Gasteiger partial charge in [0.25, 0.3) is 0 Å². The van der Waals surface area contributed by atoms with Crippen molar-refractivity contribution in [2.45, 2.75) is 26.8 Å². The first-order valence-corrected chi connectivity index (χ1v) is 8.42. The van der Waals surface area contributed by atoms with Crippen molar-refractivity contribution in [2.75, 3.05) is 12.9 Å². The normalized spacial score (nSPS) is 12.6. The molecule has 0 spiro atoms. The lowest BCUT2D eigenvalue weighted by atomic mass is 9.82. The van der Waals surface area contributed by atoms with Crippen molar-refractivity contribution >= 4 is 39.9 Å². The molecule has 1 unspecified atom stereocenters. The maximum atomic E-state index is 5.79. The molecule has 0 bridgehead atoms. The predicted octanol–water partition coefficient (Wildman–Crippen LogP) is 5.14. The Morgan fingerprint density at radius 1 is 1.43 bits per heavy atom. The lowest BCUT2D eigenvalue weighted by molar-refractivity contribution is 0.294. The van der Waals surface area contributed by atoms with Gasteiger partial charge in [0.05, 0.1) is 13.2 Å². The largest absolute Gasteiger partial charge is 0.496 e. The van der Waals surface area contributed by atoms with Gasteiger partial charge in [0.15, 0.2) is 0 Å². The summed E-state index contributed by atoms with van der Waals surface area (Å²) < 4.78 is 6.19. The van der Waals surface area contributed by atoms with Crippen LogP contribution in [0.15, 0.2) is 35.9 Å². The maximum Gasteiger partial charge on any atom is 0.134 e. The molecule has 5 heteroatoms. The van der Waals surface area contributed by atoms with Crippen LogP contribution < -0.4 is 10.1 Å². The number of rotatable bonds is 5. The van der Waals surface area contributed by atoms with E-state index in [9.17, 15) is 0 Å². The Hall–Kier alpha value is -0.710. The lowest BCUT2D eigenvalue weighted by Gasteiger charge is -2.33. The van der Waals surface area contributed by atoms with Gasteiger partial charge in [-0.15, -0.1) is 0 Å². The van der Waals surface area contributed by atoms with Gasteiger partial charge in [-0.2, -0.15) is 0 Å². The monoisotopic (exact) mass is 343 g/mol. The van der Waals surface area contributed by atoms with E-state index in [-0.39, 0.29) is 11.5 Å². The van der Waals surface area contributed by atoms with Crippen LogP contribution in [0.3, 0.4) is 0 Å². The first kappa shape index (κ1) is 18.3. The number of ether oxygens (including phenoxy) is 1. The van der Waals surface area contributed by atoms with Gasteiger partial charge in [-0.05, 0) is 11.5 Å². The van der Waals surface area contributed by atoms with E-state index in [1.807, 2.05) is 18.2 Å². The number of nitrogens with one attached hydrogen (secondary N) is 1. The summed E-state index contributed by atoms with van der Waals surface area (Å²) in [4.78, 5) is 0. The molecule has 0 amide bonds. The quantitative estimate of drug-likeness (QED) is 0.747. The van der Waals surface area contributed by atoms with Gasteiger partial charge in [-0.1, -0.05) is 81.1 Å². The van der Waals surface area contributed by atoms with Crippen molar-refractivity contribution in [2.24, 2.45) is 5.41 Å². The second-order valence-corrected chi connectivity index (χ2v) is 7.97. The summed E-state index contributed by atoms with van der Waals surface area (Å²) in [5, 5.41) is 4.01. The van der Waals surface area contributed by atoms with Crippen molar-refractivity contribution < 1.29 is 4.74 Å². The van der Waals surface area contributed by atoms with Gasteiger partial charge < -0.3 is 10.1 Å². The zero-order valence-electron chi connectivity index (χ0n) is 12.9. The molecule has 1 atom stereocenters. The molecule has 0 saturated heterocycles. The molecule has 0 aliphatic rings. The van der Waals surface area contributed by atoms with Gasteiger partial charge in [-0.3, -0.25) is 0 Å². The second kappa shape index (κ2) is 8.06. The van der Waals surface area contributed by atoms with E-state index < -0.39 is 0 Å². The molecule has 1 aromatic rings. The topological polar surface area (TPSA) is 21.3 Å². The van der Waals surface area contributed by atoms with Crippen LogP contribution in [-0.4, -0.2) is 17.2 Å². The van der Waals surface area contributed by atoms with E-state index in [2.05, 4.69) is 38.7 Å². The molecule has 0 aliphatic carbocycles. The summed E-state index contributed by atoms with van der Waals surface area (Å²) >= 11 is 12.7. The third kappa shape index (κ3) is 5.89. The van der Waals surface area contributed by atoms with Gasteiger partial charge in [0.2, 0.25) is 0 Å². The van der Waals surface area contributed by atoms with E-state index >= 15 is 0 Å².